The first-order chi connectivity index (χ1) is 9.66. The van der Waals surface area contributed by atoms with E-state index in [-0.39, 0.29) is 11.9 Å². The molecule has 1 atom stereocenters. The Morgan fingerprint density at radius 3 is 2.60 bits per heavy atom. The number of nitrogens with zero attached hydrogens (tertiary/aromatic N) is 2. The second-order valence-corrected chi connectivity index (χ2v) is 4.90. The largest absolute Gasteiger partial charge is 0.383 e. The van der Waals surface area contributed by atoms with Gasteiger partial charge in [0.15, 0.2) is 0 Å². The summed E-state index contributed by atoms with van der Waals surface area (Å²) in [7, 11) is 0. The predicted molar refractivity (Wildman–Crippen MR) is 79.3 cm³/mol. The lowest BCUT2D eigenvalue weighted by atomic mass is 10.0. The number of para-hydroxylation sites is 1. The van der Waals surface area contributed by atoms with E-state index in [0.717, 1.165) is 16.8 Å². The van der Waals surface area contributed by atoms with Gasteiger partial charge in [-0.05, 0) is 36.8 Å². The molecule has 0 aliphatic carbocycles. The Morgan fingerprint density at radius 1 is 1.15 bits per heavy atom. The van der Waals surface area contributed by atoms with E-state index in [4.69, 9.17) is 5.73 Å². The van der Waals surface area contributed by atoms with Crippen molar-refractivity contribution in [3.05, 3.63) is 65.5 Å². The zero-order chi connectivity index (χ0) is 14.1. The van der Waals surface area contributed by atoms with E-state index >= 15 is 0 Å². The van der Waals surface area contributed by atoms with Crippen LogP contribution in [0.4, 0.5) is 10.1 Å². The summed E-state index contributed by atoms with van der Waals surface area (Å²) in [5.41, 5.74) is 9.01. The molecule has 0 fully saturated rings. The number of halogens is 1. The van der Waals surface area contributed by atoms with Crippen molar-refractivity contribution in [3.8, 4) is 0 Å². The van der Waals surface area contributed by atoms with E-state index in [1.165, 1.54) is 12.1 Å². The number of rotatable bonds is 2. The Bertz CT molecular complexity index is 649. The zero-order valence-corrected chi connectivity index (χ0v) is 11.3. The average Bonchev–Trinajstić information content (AvgIpc) is 2.48. The fraction of sp³-hybridized carbons (Fsp3) is 0.188. The van der Waals surface area contributed by atoms with Gasteiger partial charge in [-0.1, -0.05) is 24.3 Å². The minimum atomic E-state index is -0.220. The van der Waals surface area contributed by atoms with Crippen molar-refractivity contribution in [3.63, 3.8) is 0 Å². The first-order valence-corrected chi connectivity index (χ1v) is 6.58. The molecule has 3 rings (SSSR count). The number of hydrogen-bond donors (Lipinski definition) is 1. The lowest BCUT2D eigenvalue weighted by Gasteiger charge is -2.34. The van der Waals surface area contributed by atoms with Crippen LogP contribution in [0.15, 0.2) is 53.5 Å². The van der Waals surface area contributed by atoms with Crippen LogP contribution in [0, 0.1) is 5.82 Å². The third kappa shape index (κ3) is 2.13. The standard InChI is InChI=1S/C16H16FN3/c1-11(12-6-8-13(17)9-7-12)20-10-19-16(18)14-4-2-3-5-15(14)20/h2-9,11H,10H2,1H3,(H2,18,19). The van der Waals surface area contributed by atoms with Gasteiger partial charge in [0.25, 0.3) is 0 Å². The van der Waals surface area contributed by atoms with Crippen molar-refractivity contribution in [1.29, 1.82) is 0 Å². The van der Waals surface area contributed by atoms with Crippen LogP contribution >= 0.6 is 0 Å². The number of amidine groups is 1. The quantitative estimate of drug-likeness (QED) is 0.910. The van der Waals surface area contributed by atoms with Crippen LogP contribution in [0.5, 0.6) is 0 Å². The molecule has 0 spiro atoms. The highest BCUT2D eigenvalue weighted by Gasteiger charge is 2.23. The molecule has 1 heterocycles. The molecule has 0 amide bonds. The highest BCUT2D eigenvalue weighted by atomic mass is 19.1. The second-order valence-electron chi connectivity index (χ2n) is 4.90. The van der Waals surface area contributed by atoms with Crippen molar-refractivity contribution < 1.29 is 4.39 Å². The summed E-state index contributed by atoms with van der Waals surface area (Å²) in [5.74, 6) is 0.352. The van der Waals surface area contributed by atoms with E-state index in [9.17, 15) is 4.39 Å². The van der Waals surface area contributed by atoms with Gasteiger partial charge in [0.05, 0.1) is 6.04 Å². The third-order valence-electron chi connectivity index (χ3n) is 3.70. The van der Waals surface area contributed by atoms with Crippen LogP contribution in [-0.2, 0) is 0 Å². The maximum absolute atomic E-state index is 13.0. The van der Waals surface area contributed by atoms with Gasteiger partial charge in [-0.3, -0.25) is 0 Å². The van der Waals surface area contributed by atoms with E-state index < -0.39 is 0 Å². The molecule has 1 aliphatic rings. The number of fused-ring (bicyclic) bond motifs is 1. The monoisotopic (exact) mass is 269 g/mol. The van der Waals surface area contributed by atoms with Crippen molar-refractivity contribution in [2.45, 2.75) is 13.0 Å². The first-order valence-electron chi connectivity index (χ1n) is 6.58. The molecule has 2 N–H and O–H groups in total. The molecule has 0 radical (unpaired) electrons. The molecule has 0 saturated carbocycles. The van der Waals surface area contributed by atoms with Gasteiger partial charge in [0.1, 0.15) is 18.3 Å². The third-order valence-corrected chi connectivity index (χ3v) is 3.70. The van der Waals surface area contributed by atoms with E-state index in [1.807, 2.05) is 36.4 Å². The Balaban J connectivity index is 1.97. The summed E-state index contributed by atoms with van der Waals surface area (Å²) in [5, 5.41) is 0. The van der Waals surface area contributed by atoms with E-state index in [0.29, 0.717) is 12.5 Å². The maximum Gasteiger partial charge on any atom is 0.129 e. The highest BCUT2D eigenvalue weighted by Crippen LogP contribution is 2.31. The molecule has 1 unspecified atom stereocenters. The molecule has 1 aliphatic heterocycles. The lowest BCUT2D eigenvalue weighted by molar-refractivity contribution is 0.622. The number of benzene rings is 2. The lowest BCUT2D eigenvalue weighted by Crippen LogP contribution is -2.34. The van der Waals surface area contributed by atoms with Crippen molar-refractivity contribution in [1.82, 2.24) is 0 Å². The fourth-order valence-electron chi connectivity index (χ4n) is 2.51. The summed E-state index contributed by atoms with van der Waals surface area (Å²) < 4.78 is 13.0. The summed E-state index contributed by atoms with van der Waals surface area (Å²) in [6, 6.07) is 14.6. The maximum atomic E-state index is 13.0. The highest BCUT2D eigenvalue weighted by molar-refractivity contribution is 6.03. The SMILES string of the molecule is CC(c1ccc(F)cc1)N1CN=C(N)c2ccccc21. The van der Waals surface area contributed by atoms with Crippen LogP contribution in [0.3, 0.4) is 0 Å². The summed E-state index contributed by atoms with van der Waals surface area (Å²) >= 11 is 0. The molecule has 0 saturated heterocycles. The van der Waals surface area contributed by atoms with Gasteiger partial charge in [0, 0.05) is 11.3 Å². The van der Waals surface area contributed by atoms with Gasteiger partial charge < -0.3 is 10.6 Å². The fourth-order valence-corrected chi connectivity index (χ4v) is 2.51. The van der Waals surface area contributed by atoms with Gasteiger partial charge in [0.2, 0.25) is 0 Å². The van der Waals surface area contributed by atoms with Crippen LogP contribution in [-0.4, -0.2) is 12.5 Å². The van der Waals surface area contributed by atoms with Crippen molar-refractivity contribution in [2.75, 3.05) is 11.6 Å². The van der Waals surface area contributed by atoms with Crippen molar-refractivity contribution >= 4 is 11.5 Å². The number of aliphatic imine (C=N–C) groups is 1. The number of nitrogens with two attached hydrogens (primary N) is 1. The molecule has 0 aromatic heterocycles. The molecule has 2 aromatic rings. The van der Waals surface area contributed by atoms with Gasteiger partial charge >= 0.3 is 0 Å². The smallest absolute Gasteiger partial charge is 0.129 e. The van der Waals surface area contributed by atoms with Gasteiger partial charge in [-0.2, -0.15) is 0 Å². The molecule has 2 aromatic carbocycles. The minimum Gasteiger partial charge on any atom is -0.383 e. The normalized spacial score (nSPS) is 15.5. The molecule has 3 nitrogen and oxygen atoms in total. The predicted octanol–water partition coefficient (Wildman–Crippen LogP) is 3.07. The topological polar surface area (TPSA) is 41.6 Å². The van der Waals surface area contributed by atoms with E-state index in [2.05, 4.69) is 16.8 Å². The molecule has 4 heteroatoms. The van der Waals surface area contributed by atoms with Gasteiger partial charge in [-0.25, -0.2) is 9.38 Å². The second kappa shape index (κ2) is 4.96. The minimum absolute atomic E-state index is 0.105. The number of anilines is 1. The van der Waals surface area contributed by atoms with Crippen LogP contribution in [0.2, 0.25) is 0 Å². The van der Waals surface area contributed by atoms with E-state index in [1.54, 1.807) is 0 Å². The van der Waals surface area contributed by atoms with Gasteiger partial charge in [-0.15, -0.1) is 0 Å². The van der Waals surface area contributed by atoms with Crippen LogP contribution in [0.25, 0.3) is 0 Å². The Labute approximate surface area is 117 Å². The summed E-state index contributed by atoms with van der Waals surface area (Å²) in [6.45, 7) is 2.60. The van der Waals surface area contributed by atoms with Crippen LogP contribution in [0.1, 0.15) is 24.1 Å². The summed E-state index contributed by atoms with van der Waals surface area (Å²) in [6.07, 6.45) is 0. The summed E-state index contributed by atoms with van der Waals surface area (Å²) in [4.78, 5) is 6.53. The Hall–Kier alpha value is -2.36. The Morgan fingerprint density at radius 2 is 1.85 bits per heavy atom. The Kier molecular flexibility index (Phi) is 3.14. The molecule has 20 heavy (non-hydrogen) atoms. The first kappa shape index (κ1) is 12.7. The molecule has 0 bridgehead atoms. The number of hydrogen-bond acceptors (Lipinski definition) is 3. The molecular formula is C16H16FN3. The molecule has 102 valence electrons. The average molecular weight is 269 g/mol. The van der Waals surface area contributed by atoms with Crippen molar-refractivity contribution in [2.24, 2.45) is 10.7 Å². The zero-order valence-electron chi connectivity index (χ0n) is 11.3. The van der Waals surface area contributed by atoms with Crippen LogP contribution < -0.4 is 10.6 Å². The molecular weight excluding hydrogens is 253 g/mol.